The van der Waals surface area contributed by atoms with Gasteiger partial charge in [0.2, 0.25) is 0 Å². The van der Waals surface area contributed by atoms with Gasteiger partial charge in [0.05, 0.1) is 0 Å². The summed E-state index contributed by atoms with van der Waals surface area (Å²) in [4.78, 5) is 39.5. The molecule has 0 amide bonds. The van der Waals surface area contributed by atoms with Crippen molar-refractivity contribution in [2.75, 3.05) is 0 Å². The molecule has 126 valence electrons. The van der Waals surface area contributed by atoms with Crippen LogP contribution in [0.3, 0.4) is 0 Å². The van der Waals surface area contributed by atoms with Crippen LogP contribution in [0.15, 0.2) is 0 Å². The Morgan fingerprint density at radius 3 is 0.905 bits per heavy atom. The number of rotatable bonds is 5. The summed E-state index contributed by atoms with van der Waals surface area (Å²) in [5.74, 6) is 1.05. The fourth-order valence-electron chi connectivity index (χ4n) is 0.602. The molecule has 0 aromatic carbocycles. The first-order valence-electron chi connectivity index (χ1n) is 7.56. The molecule has 0 aliphatic heterocycles. The molecule has 0 aromatic heterocycles. The van der Waals surface area contributed by atoms with Gasteiger partial charge in [0.15, 0.2) is 0 Å². The Kier molecular flexibility index (Phi) is 31.6. The summed E-state index contributed by atoms with van der Waals surface area (Å²) in [6, 6.07) is 0. The van der Waals surface area contributed by atoms with Gasteiger partial charge in [-0.3, -0.25) is 4.79 Å². The highest BCUT2D eigenvalue weighted by Crippen LogP contribution is 1.84. The average Bonchev–Trinajstić information content (AvgIpc) is 2.38. The van der Waals surface area contributed by atoms with E-state index in [1.54, 1.807) is 13.8 Å². The van der Waals surface area contributed by atoms with E-state index in [4.69, 9.17) is 0 Å². The van der Waals surface area contributed by atoms with E-state index in [9.17, 15) is 19.2 Å². The predicted octanol–water partition coefficient (Wildman–Crippen LogP) is 4.33. The van der Waals surface area contributed by atoms with E-state index < -0.39 is 0 Å². The van der Waals surface area contributed by atoms with Crippen LogP contribution in [0.25, 0.3) is 0 Å². The lowest BCUT2D eigenvalue weighted by Gasteiger charge is -1.81. The maximum Gasteiger partial charge on any atom is 0.132 e. The highest BCUT2D eigenvalue weighted by atomic mass is 16.1. The first-order valence-corrected chi connectivity index (χ1v) is 7.56. The molecule has 4 heteroatoms. The Morgan fingerprint density at radius 1 is 0.619 bits per heavy atom. The van der Waals surface area contributed by atoms with Crippen LogP contribution in [0.2, 0.25) is 0 Å². The molecule has 0 heterocycles. The van der Waals surface area contributed by atoms with Crippen LogP contribution in [0.1, 0.15) is 87.5 Å². The molecule has 4 nitrogen and oxygen atoms in total. The van der Waals surface area contributed by atoms with Gasteiger partial charge in [-0.25, -0.2) is 0 Å². The minimum absolute atomic E-state index is 0.167. The largest absolute Gasteiger partial charge is 0.300 e. The van der Waals surface area contributed by atoms with Crippen LogP contribution in [-0.2, 0) is 19.2 Å². The average molecular weight is 302 g/mol. The first-order chi connectivity index (χ1) is 9.58. The smallest absolute Gasteiger partial charge is 0.132 e. The molecular formula is C17H34O4. The maximum atomic E-state index is 10.2. The molecule has 21 heavy (non-hydrogen) atoms. The standard InChI is InChI=1S/2C5H10O.C4H8O.C3H6O/c1-3-4-5(2)6;1-3-5(6)4-2;1-3-4(2)5;1-3(2)4/h2*3-4H2,1-2H3;3H2,1-2H3;1-2H3. The van der Waals surface area contributed by atoms with Gasteiger partial charge < -0.3 is 14.4 Å². The van der Waals surface area contributed by atoms with Crippen LogP contribution in [0.5, 0.6) is 0 Å². The number of carbonyl (C=O) groups is 4. The van der Waals surface area contributed by atoms with E-state index in [1.807, 2.05) is 27.7 Å². The second-order valence-electron chi connectivity index (χ2n) is 4.66. The molecule has 0 unspecified atom stereocenters. The maximum absolute atomic E-state index is 10.2. The summed E-state index contributed by atoms with van der Waals surface area (Å²) in [5.41, 5.74) is 0. The second-order valence-corrected chi connectivity index (χ2v) is 4.66. The summed E-state index contributed by atoms with van der Waals surface area (Å²) >= 11 is 0. The topological polar surface area (TPSA) is 68.3 Å². The third-order valence-corrected chi connectivity index (χ3v) is 1.89. The molecule has 0 aliphatic rings. The lowest BCUT2D eigenvalue weighted by molar-refractivity contribution is -0.118. The number of carbonyl (C=O) groups excluding carboxylic acids is 4. The van der Waals surface area contributed by atoms with Crippen molar-refractivity contribution in [2.45, 2.75) is 87.5 Å². The Hall–Kier alpha value is -1.32. The van der Waals surface area contributed by atoms with Crippen LogP contribution < -0.4 is 0 Å². The highest BCUT2D eigenvalue weighted by molar-refractivity contribution is 5.77. The van der Waals surface area contributed by atoms with E-state index in [1.165, 1.54) is 13.8 Å². The monoisotopic (exact) mass is 302 g/mol. The Morgan fingerprint density at radius 2 is 0.905 bits per heavy atom. The molecule has 0 spiro atoms. The fraction of sp³-hybridized carbons (Fsp3) is 0.765. The van der Waals surface area contributed by atoms with Gasteiger partial charge in [0.25, 0.3) is 0 Å². The van der Waals surface area contributed by atoms with E-state index in [2.05, 4.69) is 0 Å². The minimum Gasteiger partial charge on any atom is -0.300 e. The lowest BCUT2D eigenvalue weighted by Crippen LogP contribution is -1.88. The van der Waals surface area contributed by atoms with E-state index in [0.717, 1.165) is 12.8 Å². The molecule has 0 saturated carbocycles. The second kappa shape index (κ2) is 23.7. The van der Waals surface area contributed by atoms with Gasteiger partial charge in [-0.2, -0.15) is 0 Å². The van der Waals surface area contributed by atoms with E-state index in [-0.39, 0.29) is 17.3 Å². The zero-order chi connectivity index (χ0) is 17.8. The van der Waals surface area contributed by atoms with Crippen molar-refractivity contribution in [1.29, 1.82) is 0 Å². The first kappa shape index (κ1) is 27.9. The number of hydrogen-bond acceptors (Lipinski definition) is 4. The van der Waals surface area contributed by atoms with Crippen molar-refractivity contribution in [3.05, 3.63) is 0 Å². The predicted molar refractivity (Wildman–Crippen MR) is 88.5 cm³/mol. The van der Waals surface area contributed by atoms with Crippen molar-refractivity contribution >= 4 is 23.1 Å². The van der Waals surface area contributed by atoms with Gasteiger partial charge in [0, 0.05) is 25.7 Å². The van der Waals surface area contributed by atoms with Crippen molar-refractivity contribution in [2.24, 2.45) is 0 Å². The van der Waals surface area contributed by atoms with Gasteiger partial charge in [-0.05, 0) is 34.1 Å². The Labute approximate surface area is 130 Å². The number of ketones is 4. The zero-order valence-electron chi connectivity index (χ0n) is 15.2. The van der Waals surface area contributed by atoms with Crippen LogP contribution in [0.4, 0.5) is 0 Å². The molecule has 0 fully saturated rings. The summed E-state index contributed by atoms with van der Waals surface area (Å²) in [7, 11) is 0. The summed E-state index contributed by atoms with van der Waals surface area (Å²) < 4.78 is 0. The lowest BCUT2D eigenvalue weighted by atomic mass is 10.3. The molecular weight excluding hydrogens is 268 g/mol. The van der Waals surface area contributed by atoms with Crippen molar-refractivity contribution in [1.82, 2.24) is 0 Å². The third-order valence-electron chi connectivity index (χ3n) is 1.89. The normalized spacial score (nSPS) is 7.81. The van der Waals surface area contributed by atoms with E-state index in [0.29, 0.717) is 25.0 Å². The molecule has 0 rings (SSSR count). The highest BCUT2D eigenvalue weighted by Gasteiger charge is 1.86. The zero-order valence-corrected chi connectivity index (χ0v) is 15.2. The summed E-state index contributed by atoms with van der Waals surface area (Å²) in [6.07, 6.45) is 3.77. The Bertz CT molecular complexity index is 271. The quantitative estimate of drug-likeness (QED) is 0.758. The molecule has 0 saturated heterocycles. The molecule has 0 bridgehead atoms. The molecule has 0 N–H and O–H groups in total. The number of hydrogen-bond donors (Lipinski definition) is 0. The SMILES string of the molecule is CC(C)=O.CCC(=O)CC.CCC(C)=O.CCCC(C)=O. The van der Waals surface area contributed by atoms with Crippen molar-refractivity contribution < 1.29 is 19.2 Å². The number of Topliss-reactive ketones (excluding diaryl/α,β-unsaturated/α-hetero) is 4. The fourth-order valence-corrected chi connectivity index (χ4v) is 0.602. The molecule has 0 radical (unpaired) electrons. The van der Waals surface area contributed by atoms with Crippen LogP contribution >= 0.6 is 0 Å². The van der Waals surface area contributed by atoms with Gasteiger partial charge >= 0.3 is 0 Å². The minimum atomic E-state index is 0.167. The molecule has 0 aliphatic carbocycles. The van der Waals surface area contributed by atoms with E-state index >= 15 is 0 Å². The summed E-state index contributed by atoms with van der Waals surface area (Å²) in [5, 5.41) is 0. The Balaban J connectivity index is -0.0000000929. The van der Waals surface area contributed by atoms with Crippen LogP contribution in [-0.4, -0.2) is 23.1 Å². The van der Waals surface area contributed by atoms with Crippen LogP contribution in [0, 0.1) is 0 Å². The molecule has 0 aromatic rings. The summed E-state index contributed by atoms with van der Waals surface area (Å²) in [6.45, 7) is 13.9. The van der Waals surface area contributed by atoms with Gasteiger partial charge in [0.1, 0.15) is 23.1 Å². The third kappa shape index (κ3) is 88.1. The van der Waals surface area contributed by atoms with Gasteiger partial charge in [-0.15, -0.1) is 0 Å². The van der Waals surface area contributed by atoms with Crippen molar-refractivity contribution in [3.63, 3.8) is 0 Å². The van der Waals surface area contributed by atoms with Gasteiger partial charge in [-0.1, -0.05) is 27.7 Å². The molecule has 0 atom stereocenters. The van der Waals surface area contributed by atoms with Crippen molar-refractivity contribution in [3.8, 4) is 0 Å².